The number of carbonyl (C=O) groups excluding carboxylic acids is 2. The van der Waals surface area contributed by atoms with Crippen LogP contribution >= 0.6 is 0 Å². The van der Waals surface area contributed by atoms with Crippen LogP contribution in [0.1, 0.15) is 38.7 Å². The Balaban J connectivity index is 1.48. The highest BCUT2D eigenvalue weighted by Crippen LogP contribution is 2.47. The first kappa shape index (κ1) is 19.0. The zero-order valence-electron chi connectivity index (χ0n) is 15.9. The minimum atomic E-state index is -0.214. The van der Waals surface area contributed by atoms with Crippen LogP contribution in [-0.2, 0) is 10.2 Å². The first-order valence-electron chi connectivity index (χ1n) is 9.47. The van der Waals surface area contributed by atoms with Gasteiger partial charge in [-0.3, -0.25) is 4.79 Å². The highest BCUT2D eigenvalue weighted by atomic mass is 16.2. The van der Waals surface area contributed by atoms with Crippen LogP contribution < -0.4 is 16.0 Å². The zero-order chi connectivity index (χ0) is 19.3. The fourth-order valence-electron chi connectivity index (χ4n) is 3.15. The molecule has 1 aliphatic carbocycles. The summed E-state index contributed by atoms with van der Waals surface area (Å²) >= 11 is 0. The third kappa shape index (κ3) is 5.33. The molecule has 5 nitrogen and oxygen atoms in total. The second kappa shape index (κ2) is 8.25. The molecule has 0 saturated heterocycles. The molecule has 3 N–H and O–H groups in total. The Morgan fingerprint density at radius 1 is 0.926 bits per heavy atom. The molecule has 1 aliphatic rings. The van der Waals surface area contributed by atoms with Crippen molar-refractivity contribution in [3.63, 3.8) is 0 Å². The first-order valence-corrected chi connectivity index (χ1v) is 9.47. The van der Waals surface area contributed by atoms with Gasteiger partial charge in [0.15, 0.2) is 0 Å². The topological polar surface area (TPSA) is 70.2 Å². The third-order valence-electron chi connectivity index (χ3n) is 4.85. The molecule has 0 unspecified atom stereocenters. The first-order chi connectivity index (χ1) is 13.0. The van der Waals surface area contributed by atoms with Crippen LogP contribution in [0, 0.1) is 5.92 Å². The smallest absolute Gasteiger partial charge is 0.319 e. The SMILES string of the molecule is CC(C)CC(=O)Nc1ccc(NC(=O)NCC2(c3ccccc3)CC2)cc1. The average molecular weight is 365 g/mol. The van der Waals surface area contributed by atoms with Gasteiger partial charge < -0.3 is 16.0 Å². The van der Waals surface area contributed by atoms with Gasteiger partial charge in [-0.15, -0.1) is 0 Å². The number of hydrogen-bond donors (Lipinski definition) is 3. The van der Waals surface area contributed by atoms with Crippen molar-refractivity contribution in [1.82, 2.24) is 5.32 Å². The molecule has 142 valence electrons. The van der Waals surface area contributed by atoms with Gasteiger partial charge >= 0.3 is 6.03 Å². The standard InChI is InChI=1S/C22H27N3O2/c1-16(2)14-20(26)24-18-8-10-19(11-9-18)25-21(27)23-15-22(12-13-22)17-6-4-3-5-7-17/h3-11,16H,12-15H2,1-2H3,(H,24,26)(H2,23,25,27). The van der Waals surface area contributed by atoms with E-state index in [1.54, 1.807) is 24.3 Å². The van der Waals surface area contributed by atoms with Gasteiger partial charge in [0.1, 0.15) is 0 Å². The van der Waals surface area contributed by atoms with Crippen LogP contribution in [0.15, 0.2) is 54.6 Å². The summed E-state index contributed by atoms with van der Waals surface area (Å²) in [6.45, 7) is 4.65. The minimum Gasteiger partial charge on any atom is -0.337 e. The lowest BCUT2D eigenvalue weighted by atomic mass is 9.96. The van der Waals surface area contributed by atoms with Crippen molar-refractivity contribution in [2.45, 2.75) is 38.5 Å². The lowest BCUT2D eigenvalue weighted by molar-refractivity contribution is -0.116. The number of hydrogen-bond acceptors (Lipinski definition) is 2. The van der Waals surface area contributed by atoms with Gasteiger partial charge in [0, 0.05) is 29.8 Å². The van der Waals surface area contributed by atoms with Crippen LogP contribution in [0.2, 0.25) is 0 Å². The largest absolute Gasteiger partial charge is 0.337 e. The Morgan fingerprint density at radius 3 is 2.07 bits per heavy atom. The summed E-state index contributed by atoms with van der Waals surface area (Å²) in [6, 6.07) is 17.3. The maximum absolute atomic E-state index is 12.2. The predicted octanol–water partition coefficient (Wildman–Crippen LogP) is 4.52. The van der Waals surface area contributed by atoms with E-state index in [0.29, 0.717) is 24.6 Å². The van der Waals surface area contributed by atoms with E-state index in [0.717, 1.165) is 18.5 Å². The lowest BCUT2D eigenvalue weighted by Gasteiger charge is -2.17. The Kier molecular flexibility index (Phi) is 5.79. The quantitative estimate of drug-likeness (QED) is 0.675. The van der Waals surface area contributed by atoms with Gasteiger partial charge in [0.2, 0.25) is 5.91 Å². The number of carbonyl (C=O) groups is 2. The summed E-state index contributed by atoms with van der Waals surface area (Å²) in [5.74, 6) is 0.319. The molecule has 0 bridgehead atoms. The minimum absolute atomic E-state index is 0.000837. The van der Waals surface area contributed by atoms with Crippen molar-refractivity contribution in [3.8, 4) is 0 Å². The molecular formula is C22H27N3O2. The molecule has 0 heterocycles. The molecule has 0 aromatic heterocycles. The molecular weight excluding hydrogens is 338 g/mol. The van der Waals surface area contributed by atoms with E-state index in [1.165, 1.54) is 5.56 Å². The highest BCUT2D eigenvalue weighted by molar-refractivity contribution is 5.92. The Labute approximate surface area is 160 Å². The number of benzene rings is 2. The third-order valence-corrected chi connectivity index (χ3v) is 4.85. The Bertz CT molecular complexity index is 781. The predicted molar refractivity (Wildman–Crippen MR) is 109 cm³/mol. The van der Waals surface area contributed by atoms with Crippen LogP contribution in [0.4, 0.5) is 16.2 Å². The van der Waals surface area contributed by atoms with Crippen molar-refractivity contribution < 1.29 is 9.59 Å². The molecule has 2 aromatic carbocycles. The number of urea groups is 1. The summed E-state index contributed by atoms with van der Waals surface area (Å²) in [6.07, 6.45) is 2.69. The number of anilines is 2. The van der Waals surface area contributed by atoms with Crippen LogP contribution in [0.5, 0.6) is 0 Å². The van der Waals surface area contributed by atoms with E-state index in [9.17, 15) is 9.59 Å². The summed E-state index contributed by atoms with van der Waals surface area (Å²) in [4.78, 5) is 24.0. The molecule has 27 heavy (non-hydrogen) atoms. The Morgan fingerprint density at radius 2 is 1.52 bits per heavy atom. The number of rotatable bonds is 7. The van der Waals surface area contributed by atoms with Crippen molar-refractivity contribution in [1.29, 1.82) is 0 Å². The van der Waals surface area contributed by atoms with Crippen molar-refractivity contribution in [2.75, 3.05) is 17.2 Å². The lowest BCUT2D eigenvalue weighted by Crippen LogP contribution is -2.35. The van der Waals surface area contributed by atoms with E-state index in [1.807, 2.05) is 32.0 Å². The van der Waals surface area contributed by atoms with Gasteiger partial charge in [-0.1, -0.05) is 44.2 Å². The van der Waals surface area contributed by atoms with Crippen molar-refractivity contribution >= 4 is 23.3 Å². The molecule has 1 fully saturated rings. The fraction of sp³-hybridized carbons (Fsp3) is 0.364. The summed E-state index contributed by atoms with van der Waals surface area (Å²) in [5, 5.41) is 8.68. The van der Waals surface area contributed by atoms with E-state index < -0.39 is 0 Å². The Hall–Kier alpha value is -2.82. The molecule has 5 heteroatoms. The normalized spacial score (nSPS) is 14.5. The van der Waals surface area contributed by atoms with E-state index in [2.05, 4.69) is 28.1 Å². The molecule has 0 spiro atoms. The molecule has 0 atom stereocenters. The van der Waals surface area contributed by atoms with E-state index in [4.69, 9.17) is 0 Å². The summed E-state index contributed by atoms with van der Waals surface area (Å²) < 4.78 is 0. The number of nitrogens with one attached hydrogen (secondary N) is 3. The molecule has 3 amide bonds. The highest BCUT2D eigenvalue weighted by Gasteiger charge is 2.44. The molecule has 1 saturated carbocycles. The van der Waals surface area contributed by atoms with Crippen molar-refractivity contribution in [2.24, 2.45) is 5.92 Å². The second-order valence-electron chi connectivity index (χ2n) is 7.68. The van der Waals surface area contributed by atoms with Crippen LogP contribution in [0.3, 0.4) is 0 Å². The van der Waals surface area contributed by atoms with Gasteiger partial charge in [0.25, 0.3) is 0 Å². The van der Waals surface area contributed by atoms with Gasteiger partial charge in [0.05, 0.1) is 0 Å². The maximum atomic E-state index is 12.2. The monoisotopic (exact) mass is 365 g/mol. The summed E-state index contributed by atoms with van der Waals surface area (Å²) in [5.41, 5.74) is 2.79. The molecule has 0 aliphatic heterocycles. The van der Waals surface area contributed by atoms with Gasteiger partial charge in [-0.25, -0.2) is 4.79 Å². The molecule has 2 aromatic rings. The maximum Gasteiger partial charge on any atom is 0.319 e. The molecule has 0 radical (unpaired) electrons. The molecule has 3 rings (SSSR count). The second-order valence-corrected chi connectivity index (χ2v) is 7.68. The van der Waals surface area contributed by atoms with E-state index >= 15 is 0 Å². The van der Waals surface area contributed by atoms with Crippen molar-refractivity contribution in [3.05, 3.63) is 60.2 Å². The van der Waals surface area contributed by atoms with Gasteiger partial charge in [-0.05, 0) is 48.6 Å². The summed E-state index contributed by atoms with van der Waals surface area (Å²) in [7, 11) is 0. The average Bonchev–Trinajstić information content (AvgIpc) is 3.43. The number of amides is 3. The zero-order valence-corrected chi connectivity index (χ0v) is 15.9. The van der Waals surface area contributed by atoms with E-state index in [-0.39, 0.29) is 17.4 Å². The van der Waals surface area contributed by atoms with Crippen LogP contribution in [-0.4, -0.2) is 18.5 Å². The fourth-order valence-corrected chi connectivity index (χ4v) is 3.15. The van der Waals surface area contributed by atoms with Gasteiger partial charge in [-0.2, -0.15) is 0 Å². The van der Waals surface area contributed by atoms with Crippen LogP contribution in [0.25, 0.3) is 0 Å².